The molecule has 0 atom stereocenters. The van der Waals surface area contributed by atoms with E-state index in [1.807, 2.05) is 24.3 Å². The highest BCUT2D eigenvalue weighted by atomic mass is 79.9. The molecule has 1 amide bonds. The molecule has 106 valence electrons. The van der Waals surface area contributed by atoms with Crippen LogP contribution < -0.4 is 5.32 Å². The van der Waals surface area contributed by atoms with Gasteiger partial charge in [0.15, 0.2) is 5.69 Å². The van der Waals surface area contributed by atoms with Crippen molar-refractivity contribution in [3.8, 4) is 0 Å². The summed E-state index contributed by atoms with van der Waals surface area (Å²) in [6.07, 6.45) is 3.01. The maximum atomic E-state index is 11.8. The van der Waals surface area contributed by atoms with Gasteiger partial charge < -0.3 is 10.4 Å². The average Bonchev–Trinajstić information content (AvgIpc) is 2.46. The first-order valence-corrected chi connectivity index (χ1v) is 6.79. The Morgan fingerprint density at radius 1 is 1.14 bits per heavy atom. The molecule has 1 aromatic carbocycles. The highest BCUT2D eigenvalue weighted by Gasteiger charge is 2.06. The molecule has 0 saturated carbocycles. The first kappa shape index (κ1) is 14.9. The topological polar surface area (TPSA) is 79.3 Å². The average molecular weight is 347 g/mol. The molecule has 0 radical (unpaired) electrons. The standard InChI is InChI=1S/C15H11BrN2O3/c16-11-5-2-1-4-10(11)8-9-14(19)18-13-7-3-6-12(17-13)15(20)21/h1-9H,(H,20,21)(H,17,18,19). The maximum absolute atomic E-state index is 11.8. The van der Waals surface area contributed by atoms with Crippen LogP contribution >= 0.6 is 15.9 Å². The lowest BCUT2D eigenvalue weighted by atomic mass is 10.2. The van der Waals surface area contributed by atoms with E-state index in [0.29, 0.717) is 0 Å². The minimum absolute atomic E-state index is 0.123. The van der Waals surface area contributed by atoms with Gasteiger partial charge in [-0.1, -0.05) is 40.2 Å². The Morgan fingerprint density at radius 2 is 1.90 bits per heavy atom. The highest BCUT2D eigenvalue weighted by molar-refractivity contribution is 9.10. The van der Waals surface area contributed by atoms with E-state index < -0.39 is 5.97 Å². The van der Waals surface area contributed by atoms with Gasteiger partial charge in [-0.05, 0) is 29.8 Å². The number of hydrogen-bond acceptors (Lipinski definition) is 3. The fraction of sp³-hybridized carbons (Fsp3) is 0. The molecule has 0 aliphatic rings. The van der Waals surface area contributed by atoms with Crippen LogP contribution in [0.25, 0.3) is 6.08 Å². The van der Waals surface area contributed by atoms with E-state index in [4.69, 9.17) is 5.11 Å². The van der Waals surface area contributed by atoms with E-state index >= 15 is 0 Å². The van der Waals surface area contributed by atoms with Gasteiger partial charge in [0, 0.05) is 10.5 Å². The molecule has 0 bridgehead atoms. The quantitative estimate of drug-likeness (QED) is 0.833. The van der Waals surface area contributed by atoms with Gasteiger partial charge in [-0.3, -0.25) is 4.79 Å². The second kappa shape index (κ2) is 6.81. The fourth-order valence-corrected chi connectivity index (χ4v) is 1.98. The van der Waals surface area contributed by atoms with E-state index in [0.717, 1.165) is 10.0 Å². The van der Waals surface area contributed by atoms with Crippen LogP contribution in [0.3, 0.4) is 0 Å². The molecular weight excluding hydrogens is 336 g/mol. The Kier molecular flexibility index (Phi) is 4.84. The van der Waals surface area contributed by atoms with E-state index in [1.54, 1.807) is 6.08 Å². The van der Waals surface area contributed by atoms with Crippen molar-refractivity contribution in [2.24, 2.45) is 0 Å². The molecule has 1 heterocycles. The molecule has 6 heteroatoms. The number of carboxylic acids is 1. The molecule has 0 spiro atoms. The normalized spacial score (nSPS) is 10.5. The van der Waals surface area contributed by atoms with E-state index in [9.17, 15) is 9.59 Å². The van der Waals surface area contributed by atoms with Crippen LogP contribution in [0.5, 0.6) is 0 Å². The molecule has 0 aliphatic heterocycles. The second-order valence-electron chi connectivity index (χ2n) is 4.06. The van der Waals surface area contributed by atoms with Crippen LogP contribution in [-0.2, 0) is 4.79 Å². The predicted molar refractivity (Wildman–Crippen MR) is 83.0 cm³/mol. The molecule has 2 aromatic rings. The number of carboxylic acid groups (broad SMARTS) is 1. The van der Waals surface area contributed by atoms with E-state index in [-0.39, 0.29) is 17.4 Å². The summed E-state index contributed by atoms with van der Waals surface area (Å²) in [5.74, 6) is -1.34. The number of halogens is 1. The molecule has 21 heavy (non-hydrogen) atoms. The predicted octanol–water partition coefficient (Wildman–Crippen LogP) is 3.19. The summed E-state index contributed by atoms with van der Waals surface area (Å²) in [7, 11) is 0. The van der Waals surface area contributed by atoms with Crippen molar-refractivity contribution in [1.29, 1.82) is 0 Å². The molecule has 5 nitrogen and oxygen atoms in total. The molecular formula is C15H11BrN2O3. The van der Waals surface area contributed by atoms with Gasteiger partial charge in [-0.25, -0.2) is 9.78 Å². The Morgan fingerprint density at radius 3 is 2.62 bits per heavy atom. The highest BCUT2D eigenvalue weighted by Crippen LogP contribution is 2.17. The third-order valence-electron chi connectivity index (χ3n) is 2.54. The van der Waals surface area contributed by atoms with Gasteiger partial charge in [-0.15, -0.1) is 0 Å². The zero-order chi connectivity index (χ0) is 15.2. The fourth-order valence-electron chi connectivity index (χ4n) is 1.57. The third-order valence-corrected chi connectivity index (χ3v) is 3.26. The molecule has 1 aromatic heterocycles. The van der Waals surface area contributed by atoms with Crippen molar-refractivity contribution < 1.29 is 14.7 Å². The van der Waals surface area contributed by atoms with Gasteiger partial charge in [-0.2, -0.15) is 0 Å². The van der Waals surface area contributed by atoms with E-state index in [2.05, 4.69) is 26.2 Å². The number of carbonyl (C=O) groups excluding carboxylic acids is 1. The smallest absolute Gasteiger partial charge is 0.354 e. The Balaban J connectivity index is 2.07. The lowest BCUT2D eigenvalue weighted by molar-refractivity contribution is -0.111. The van der Waals surface area contributed by atoms with Crippen molar-refractivity contribution >= 4 is 39.7 Å². The number of hydrogen-bond donors (Lipinski definition) is 2. The summed E-state index contributed by atoms with van der Waals surface area (Å²) >= 11 is 3.38. The van der Waals surface area contributed by atoms with Crippen LogP contribution in [0.2, 0.25) is 0 Å². The Hall–Kier alpha value is -2.47. The second-order valence-corrected chi connectivity index (χ2v) is 4.91. The lowest BCUT2D eigenvalue weighted by Gasteiger charge is -2.02. The molecule has 2 rings (SSSR count). The third kappa shape index (κ3) is 4.25. The van der Waals surface area contributed by atoms with Gasteiger partial charge in [0.2, 0.25) is 5.91 Å². The van der Waals surface area contributed by atoms with Crippen molar-refractivity contribution in [1.82, 2.24) is 4.98 Å². The van der Waals surface area contributed by atoms with Gasteiger partial charge in [0.1, 0.15) is 5.82 Å². The van der Waals surface area contributed by atoms with Gasteiger partial charge in [0.25, 0.3) is 0 Å². The number of anilines is 1. The molecule has 2 N–H and O–H groups in total. The molecule has 0 aliphatic carbocycles. The van der Waals surface area contributed by atoms with Gasteiger partial charge >= 0.3 is 5.97 Å². The number of benzene rings is 1. The number of aromatic nitrogens is 1. The molecule has 0 saturated heterocycles. The number of nitrogens with zero attached hydrogens (tertiary/aromatic N) is 1. The zero-order valence-electron chi connectivity index (χ0n) is 10.8. The summed E-state index contributed by atoms with van der Waals surface area (Å²) < 4.78 is 0.875. The van der Waals surface area contributed by atoms with Crippen molar-refractivity contribution in [3.05, 3.63) is 64.3 Å². The zero-order valence-corrected chi connectivity index (χ0v) is 12.4. The SMILES string of the molecule is O=C(C=Cc1ccccc1Br)Nc1cccc(C(=O)O)n1. The lowest BCUT2D eigenvalue weighted by Crippen LogP contribution is -2.11. The maximum Gasteiger partial charge on any atom is 0.354 e. The summed E-state index contributed by atoms with van der Waals surface area (Å²) in [6, 6.07) is 11.9. The van der Waals surface area contributed by atoms with Crippen LogP contribution in [0.4, 0.5) is 5.82 Å². The number of amides is 1. The number of rotatable bonds is 4. The summed E-state index contributed by atoms with van der Waals surface area (Å²) in [6.45, 7) is 0. The first-order chi connectivity index (χ1) is 10.1. The summed E-state index contributed by atoms with van der Waals surface area (Å²) in [4.78, 5) is 26.4. The van der Waals surface area contributed by atoms with E-state index in [1.165, 1.54) is 24.3 Å². The van der Waals surface area contributed by atoms with Crippen LogP contribution in [-0.4, -0.2) is 22.0 Å². The van der Waals surface area contributed by atoms with Crippen molar-refractivity contribution in [2.75, 3.05) is 5.32 Å². The summed E-state index contributed by atoms with van der Waals surface area (Å²) in [5.41, 5.74) is 0.738. The first-order valence-electron chi connectivity index (χ1n) is 6.00. The number of pyridine rings is 1. The van der Waals surface area contributed by atoms with Crippen LogP contribution in [0.1, 0.15) is 16.1 Å². The Labute approximate surface area is 129 Å². The Bertz CT molecular complexity index is 714. The number of aromatic carboxylic acids is 1. The minimum atomic E-state index is -1.14. The largest absolute Gasteiger partial charge is 0.477 e. The van der Waals surface area contributed by atoms with Gasteiger partial charge in [0.05, 0.1) is 0 Å². The minimum Gasteiger partial charge on any atom is -0.477 e. The van der Waals surface area contributed by atoms with Crippen LogP contribution in [0.15, 0.2) is 53.0 Å². The number of nitrogens with one attached hydrogen (secondary N) is 1. The van der Waals surface area contributed by atoms with Crippen LogP contribution in [0, 0.1) is 0 Å². The number of carbonyl (C=O) groups is 2. The molecule has 0 fully saturated rings. The monoisotopic (exact) mass is 346 g/mol. The van der Waals surface area contributed by atoms with Crippen molar-refractivity contribution in [2.45, 2.75) is 0 Å². The molecule has 0 unspecified atom stereocenters. The summed E-state index contributed by atoms with van der Waals surface area (Å²) in [5, 5.41) is 11.3. The van der Waals surface area contributed by atoms with Crippen molar-refractivity contribution in [3.63, 3.8) is 0 Å².